The first-order valence-corrected chi connectivity index (χ1v) is 22.4. The van der Waals surface area contributed by atoms with E-state index in [-0.39, 0.29) is 0 Å². The number of aromatic nitrogens is 5. The van der Waals surface area contributed by atoms with Crippen molar-refractivity contribution in [1.82, 2.24) is 24.9 Å². The minimum Gasteiger partial charge on any atom is -0.228 e. The highest BCUT2D eigenvalue weighted by Crippen LogP contribution is 2.55. The number of rotatable bonds is 8. The summed E-state index contributed by atoms with van der Waals surface area (Å²) in [4.78, 5) is 25.4. The molecule has 2 saturated carbocycles. The lowest BCUT2D eigenvalue weighted by Crippen LogP contribution is -2.19. The van der Waals surface area contributed by atoms with Crippen LogP contribution in [0.15, 0.2) is 182 Å². The van der Waals surface area contributed by atoms with Gasteiger partial charge in [-0.3, -0.25) is 0 Å². The molecule has 2 fully saturated rings. The van der Waals surface area contributed by atoms with Crippen molar-refractivity contribution in [3.63, 3.8) is 0 Å². The van der Waals surface area contributed by atoms with E-state index in [0.29, 0.717) is 28.7 Å². The van der Waals surface area contributed by atoms with Crippen LogP contribution in [-0.4, -0.2) is 24.9 Å². The smallest absolute Gasteiger partial charge is 0.164 e. The Bertz CT molecular complexity index is 3260. The Hall–Kier alpha value is -7.15. The summed E-state index contributed by atoms with van der Waals surface area (Å²) < 4.78 is 2.56. The standard InChI is InChI=1S/C56H41N5S/c1-3-10-38(11-4-1)52-57-48(34-49(58-52)44-24-27-51-47(33-44)46-16-7-8-17-50(46)62-51)43-15-9-14-42(32-43)37-18-20-40(21-19-37)54-59-53(39-12-5-2-6-13-39)60-55(61-54)41-22-25-45(26-23-41)56-30-28-36(35-56)29-31-56/h1-27,32-34,36H,28-31,35H2. The summed E-state index contributed by atoms with van der Waals surface area (Å²) in [5.41, 5.74) is 11.8. The lowest BCUT2D eigenvalue weighted by atomic mass is 9.77. The van der Waals surface area contributed by atoms with Gasteiger partial charge in [0.25, 0.3) is 0 Å². The van der Waals surface area contributed by atoms with E-state index < -0.39 is 0 Å². The van der Waals surface area contributed by atoms with Crippen LogP contribution >= 0.6 is 11.3 Å². The molecule has 6 heteroatoms. The molecule has 0 aliphatic heterocycles. The molecule has 12 rings (SSSR count). The summed E-state index contributed by atoms with van der Waals surface area (Å²) >= 11 is 1.83. The Balaban J connectivity index is 0.888. The molecule has 7 aromatic carbocycles. The first-order valence-electron chi connectivity index (χ1n) is 21.6. The Morgan fingerprint density at radius 2 is 0.855 bits per heavy atom. The predicted octanol–water partition coefficient (Wildman–Crippen LogP) is 14.5. The van der Waals surface area contributed by atoms with Gasteiger partial charge in [0.1, 0.15) is 0 Å². The van der Waals surface area contributed by atoms with Crippen LogP contribution in [-0.2, 0) is 5.41 Å². The Morgan fingerprint density at radius 1 is 0.371 bits per heavy atom. The van der Waals surface area contributed by atoms with E-state index in [0.717, 1.165) is 61.8 Å². The second kappa shape index (κ2) is 15.1. The molecule has 2 aliphatic rings. The van der Waals surface area contributed by atoms with Gasteiger partial charge in [0.15, 0.2) is 23.3 Å². The molecule has 3 heterocycles. The third-order valence-electron chi connectivity index (χ3n) is 13.2. The SMILES string of the molecule is c1ccc(-c2nc(-c3cccc(-c4ccc(-c5nc(-c6ccccc6)nc(-c6ccc(C78CCC(CC7)C8)cc6)n5)cc4)c3)cc(-c3ccc4sc5ccccc5c4c3)n2)cc1. The molecule has 2 bridgehead atoms. The topological polar surface area (TPSA) is 64.5 Å². The maximum atomic E-state index is 5.16. The van der Waals surface area contributed by atoms with Crippen molar-refractivity contribution in [2.45, 2.75) is 37.5 Å². The number of nitrogens with zero attached hydrogens (tertiary/aromatic N) is 5. The second-order valence-corrected chi connectivity index (χ2v) is 18.1. The maximum Gasteiger partial charge on any atom is 0.164 e. The van der Waals surface area contributed by atoms with Gasteiger partial charge in [-0.1, -0.05) is 152 Å². The highest BCUT2D eigenvalue weighted by Gasteiger charge is 2.45. The summed E-state index contributed by atoms with van der Waals surface area (Å²) in [7, 11) is 0. The largest absolute Gasteiger partial charge is 0.228 e. The molecule has 62 heavy (non-hydrogen) atoms. The van der Waals surface area contributed by atoms with Gasteiger partial charge in [0.05, 0.1) is 11.4 Å². The zero-order valence-corrected chi connectivity index (χ0v) is 34.9. The zero-order valence-electron chi connectivity index (χ0n) is 34.1. The molecule has 2 aliphatic carbocycles. The first kappa shape index (κ1) is 36.7. The molecule has 0 unspecified atom stereocenters. The number of benzene rings is 7. The van der Waals surface area contributed by atoms with E-state index in [1.807, 2.05) is 47.7 Å². The van der Waals surface area contributed by atoms with E-state index in [1.54, 1.807) is 0 Å². The normalized spacial score (nSPS) is 16.9. The monoisotopic (exact) mass is 815 g/mol. The maximum absolute atomic E-state index is 5.16. The van der Waals surface area contributed by atoms with E-state index in [9.17, 15) is 0 Å². The van der Waals surface area contributed by atoms with Gasteiger partial charge in [-0.05, 0) is 90.5 Å². The number of thiophene rings is 1. The fourth-order valence-corrected chi connectivity index (χ4v) is 11.0. The average molecular weight is 816 g/mol. The van der Waals surface area contributed by atoms with Crippen molar-refractivity contribution in [1.29, 1.82) is 0 Å². The summed E-state index contributed by atoms with van der Waals surface area (Å²) in [6.07, 6.45) is 6.70. The quantitative estimate of drug-likeness (QED) is 0.153. The Kier molecular flexibility index (Phi) is 8.93. The molecule has 0 radical (unpaired) electrons. The highest BCUT2D eigenvalue weighted by atomic mass is 32.1. The van der Waals surface area contributed by atoms with E-state index in [1.165, 1.54) is 57.8 Å². The van der Waals surface area contributed by atoms with Crippen LogP contribution in [0.1, 0.15) is 37.7 Å². The van der Waals surface area contributed by atoms with Crippen LogP contribution in [0.4, 0.5) is 0 Å². The molecule has 5 nitrogen and oxygen atoms in total. The van der Waals surface area contributed by atoms with E-state index >= 15 is 0 Å². The van der Waals surface area contributed by atoms with Crippen LogP contribution < -0.4 is 0 Å². The molecule has 0 amide bonds. The van der Waals surface area contributed by atoms with Gasteiger partial charge in [0.2, 0.25) is 0 Å². The van der Waals surface area contributed by atoms with Crippen molar-refractivity contribution >= 4 is 31.5 Å². The van der Waals surface area contributed by atoms with Crippen molar-refractivity contribution in [2.24, 2.45) is 5.92 Å². The van der Waals surface area contributed by atoms with Crippen LogP contribution in [0, 0.1) is 5.92 Å². The molecular formula is C56H41N5S. The molecule has 0 N–H and O–H groups in total. The van der Waals surface area contributed by atoms with Crippen LogP contribution in [0.25, 0.3) is 99.4 Å². The van der Waals surface area contributed by atoms with Crippen LogP contribution in [0.5, 0.6) is 0 Å². The summed E-state index contributed by atoms with van der Waals surface area (Å²) in [6, 6.07) is 64.1. The summed E-state index contributed by atoms with van der Waals surface area (Å²) in [6.45, 7) is 0. The molecule has 0 spiro atoms. The van der Waals surface area contributed by atoms with Crippen LogP contribution in [0.2, 0.25) is 0 Å². The molecule has 296 valence electrons. The van der Waals surface area contributed by atoms with Gasteiger partial charge in [-0.25, -0.2) is 24.9 Å². The molecular weight excluding hydrogens is 775 g/mol. The van der Waals surface area contributed by atoms with Crippen molar-refractivity contribution in [3.05, 3.63) is 188 Å². The Labute approximate surface area is 364 Å². The molecule has 0 saturated heterocycles. The first-order chi connectivity index (χ1) is 30.6. The van der Waals surface area contributed by atoms with Crippen molar-refractivity contribution in [3.8, 4) is 79.2 Å². The lowest BCUT2D eigenvalue weighted by molar-refractivity contribution is 0.419. The van der Waals surface area contributed by atoms with Crippen molar-refractivity contribution < 1.29 is 0 Å². The van der Waals surface area contributed by atoms with E-state index in [2.05, 4.69) is 146 Å². The third-order valence-corrected chi connectivity index (χ3v) is 14.4. The Morgan fingerprint density at radius 3 is 1.48 bits per heavy atom. The second-order valence-electron chi connectivity index (χ2n) is 17.0. The number of hydrogen-bond donors (Lipinski definition) is 0. The number of fused-ring (bicyclic) bond motifs is 5. The molecule has 3 aromatic heterocycles. The van der Waals surface area contributed by atoms with Gasteiger partial charge >= 0.3 is 0 Å². The summed E-state index contributed by atoms with van der Waals surface area (Å²) in [5, 5.41) is 2.52. The fourth-order valence-electron chi connectivity index (χ4n) is 9.94. The van der Waals surface area contributed by atoms with Gasteiger partial charge < -0.3 is 0 Å². The molecule has 10 aromatic rings. The van der Waals surface area contributed by atoms with Gasteiger partial charge in [-0.2, -0.15) is 0 Å². The van der Waals surface area contributed by atoms with Crippen molar-refractivity contribution in [2.75, 3.05) is 0 Å². The highest BCUT2D eigenvalue weighted by molar-refractivity contribution is 7.25. The van der Waals surface area contributed by atoms with E-state index in [4.69, 9.17) is 24.9 Å². The number of hydrogen-bond acceptors (Lipinski definition) is 6. The molecule has 0 atom stereocenters. The van der Waals surface area contributed by atoms with Gasteiger partial charge in [0, 0.05) is 53.6 Å². The zero-order chi connectivity index (χ0) is 41.0. The minimum atomic E-state index is 0.363. The predicted molar refractivity (Wildman–Crippen MR) is 255 cm³/mol. The average Bonchev–Trinajstić information content (AvgIpc) is 4.09. The van der Waals surface area contributed by atoms with Crippen LogP contribution in [0.3, 0.4) is 0 Å². The lowest BCUT2D eigenvalue weighted by Gasteiger charge is -2.27. The third kappa shape index (κ3) is 6.68. The minimum absolute atomic E-state index is 0.363. The van der Waals surface area contributed by atoms with Gasteiger partial charge in [-0.15, -0.1) is 11.3 Å². The summed E-state index contributed by atoms with van der Waals surface area (Å²) in [5.74, 6) is 3.62. The fraction of sp³-hybridized carbons (Fsp3) is 0.125.